The molecule has 1 atom stereocenters. The van der Waals surface area contributed by atoms with Crippen LogP contribution in [0.15, 0.2) is 42.5 Å². The quantitative estimate of drug-likeness (QED) is 0.889. The maximum Gasteiger partial charge on any atom is 0.126 e. The smallest absolute Gasteiger partial charge is 0.126 e. The Morgan fingerprint density at radius 1 is 1.10 bits per heavy atom. The molecule has 0 saturated heterocycles. The zero-order valence-electron chi connectivity index (χ0n) is 11.7. The van der Waals surface area contributed by atoms with Crippen molar-refractivity contribution in [3.05, 3.63) is 70.0 Å². The van der Waals surface area contributed by atoms with Crippen LogP contribution in [-0.4, -0.2) is 10.7 Å². The largest absolute Gasteiger partial charge is 0.389 e. The first-order valence-corrected chi connectivity index (χ1v) is 6.96. The van der Waals surface area contributed by atoms with Gasteiger partial charge in [-0.25, -0.2) is 4.39 Å². The minimum absolute atomic E-state index is 0.254. The number of rotatable bonds is 4. The van der Waals surface area contributed by atoms with Crippen LogP contribution in [0.3, 0.4) is 0 Å². The Labute approximate surface area is 124 Å². The van der Waals surface area contributed by atoms with Gasteiger partial charge in [0.05, 0.1) is 5.60 Å². The fourth-order valence-electron chi connectivity index (χ4n) is 2.32. The molecule has 1 nitrogen and oxygen atoms in total. The van der Waals surface area contributed by atoms with E-state index in [-0.39, 0.29) is 12.2 Å². The van der Waals surface area contributed by atoms with Gasteiger partial charge in [-0.1, -0.05) is 41.9 Å². The zero-order chi connectivity index (χ0) is 14.8. The van der Waals surface area contributed by atoms with Crippen molar-refractivity contribution in [1.82, 2.24) is 0 Å². The lowest BCUT2D eigenvalue weighted by atomic mass is 9.89. The average molecular weight is 293 g/mol. The van der Waals surface area contributed by atoms with E-state index in [0.29, 0.717) is 17.0 Å². The third kappa shape index (κ3) is 3.81. The molecule has 106 valence electrons. The highest BCUT2D eigenvalue weighted by Crippen LogP contribution is 2.25. The standard InChI is InChI=1S/C17H18ClFO/c1-12-7-8-13(15(18)9-12)10-17(2,20)11-14-5-3-4-6-16(14)19/h3-9,20H,10-11H2,1-2H3. The number of aliphatic hydroxyl groups is 1. The van der Waals surface area contributed by atoms with E-state index in [9.17, 15) is 9.50 Å². The van der Waals surface area contributed by atoms with Gasteiger partial charge in [-0.05, 0) is 42.7 Å². The first-order chi connectivity index (χ1) is 9.37. The summed E-state index contributed by atoms with van der Waals surface area (Å²) >= 11 is 6.18. The number of aryl methyl sites for hydroxylation is 1. The minimum Gasteiger partial charge on any atom is -0.389 e. The first-order valence-electron chi connectivity index (χ1n) is 6.58. The van der Waals surface area contributed by atoms with Crippen molar-refractivity contribution in [2.24, 2.45) is 0 Å². The van der Waals surface area contributed by atoms with Crippen molar-refractivity contribution in [1.29, 1.82) is 0 Å². The molecular weight excluding hydrogens is 275 g/mol. The normalized spacial score (nSPS) is 14.1. The monoisotopic (exact) mass is 292 g/mol. The molecule has 0 aromatic heterocycles. The van der Waals surface area contributed by atoms with Gasteiger partial charge < -0.3 is 5.11 Å². The Hall–Kier alpha value is -1.38. The van der Waals surface area contributed by atoms with Crippen molar-refractivity contribution < 1.29 is 9.50 Å². The van der Waals surface area contributed by atoms with Crippen molar-refractivity contribution >= 4 is 11.6 Å². The van der Waals surface area contributed by atoms with Gasteiger partial charge in [0.15, 0.2) is 0 Å². The van der Waals surface area contributed by atoms with E-state index in [1.54, 1.807) is 25.1 Å². The summed E-state index contributed by atoms with van der Waals surface area (Å²) in [4.78, 5) is 0. The van der Waals surface area contributed by atoms with E-state index in [0.717, 1.165) is 11.1 Å². The van der Waals surface area contributed by atoms with E-state index in [1.807, 2.05) is 25.1 Å². The van der Waals surface area contributed by atoms with Crippen molar-refractivity contribution in [3.63, 3.8) is 0 Å². The molecule has 0 radical (unpaired) electrons. The van der Waals surface area contributed by atoms with Crippen LogP contribution in [-0.2, 0) is 12.8 Å². The minimum atomic E-state index is -1.04. The number of benzene rings is 2. The summed E-state index contributed by atoms with van der Waals surface area (Å²) in [6.45, 7) is 3.67. The molecule has 2 aromatic rings. The molecule has 20 heavy (non-hydrogen) atoms. The fraction of sp³-hybridized carbons (Fsp3) is 0.294. The Morgan fingerprint density at radius 3 is 2.40 bits per heavy atom. The molecule has 2 rings (SSSR count). The van der Waals surface area contributed by atoms with Crippen LogP contribution >= 0.6 is 11.6 Å². The Balaban J connectivity index is 2.17. The summed E-state index contributed by atoms with van der Waals surface area (Å²) in [5, 5.41) is 11.2. The first kappa shape index (κ1) is 15.0. The fourth-order valence-corrected chi connectivity index (χ4v) is 2.62. The van der Waals surface area contributed by atoms with Crippen LogP contribution in [0, 0.1) is 12.7 Å². The van der Waals surface area contributed by atoms with E-state index in [2.05, 4.69) is 0 Å². The number of halogens is 2. The molecule has 0 fully saturated rings. The maximum atomic E-state index is 13.7. The SMILES string of the molecule is Cc1ccc(CC(C)(O)Cc2ccccc2F)c(Cl)c1. The second kappa shape index (κ2) is 5.94. The molecule has 3 heteroatoms. The molecule has 0 saturated carbocycles. The molecule has 0 spiro atoms. The second-order valence-electron chi connectivity index (χ2n) is 5.54. The lowest BCUT2D eigenvalue weighted by Gasteiger charge is -2.24. The van der Waals surface area contributed by atoms with E-state index in [1.165, 1.54) is 6.07 Å². The Kier molecular flexibility index (Phi) is 4.46. The van der Waals surface area contributed by atoms with Gasteiger partial charge in [0, 0.05) is 17.9 Å². The van der Waals surface area contributed by atoms with Crippen molar-refractivity contribution in [3.8, 4) is 0 Å². The highest BCUT2D eigenvalue weighted by atomic mass is 35.5. The zero-order valence-corrected chi connectivity index (χ0v) is 12.4. The molecule has 0 heterocycles. The lowest BCUT2D eigenvalue weighted by Crippen LogP contribution is -2.30. The predicted octanol–water partition coefficient (Wildman–Crippen LogP) is 4.32. The molecule has 1 N–H and O–H groups in total. The lowest BCUT2D eigenvalue weighted by molar-refractivity contribution is 0.0599. The topological polar surface area (TPSA) is 20.2 Å². The Bertz CT molecular complexity index is 608. The van der Waals surface area contributed by atoms with Gasteiger partial charge in [-0.2, -0.15) is 0 Å². The number of hydrogen-bond donors (Lipinski definition) is 1. The summed E-state index contributed by atoms with van der Waals surface area (Å²) in [7, 11) is 0. The Morgan fingerprint density at radius 2 is 1.75 bits per heavy atom. The molecule has 0 bridgehead atoms. The van der Waals surface area contributed by atoms with E-state index in [4.69, 9.17) is 11.6 Å². The molecule has 0 aliphatic heterocycles. The van der Waals surface area contributed by atoms with E-state index < -0.39 is 5.60 Å². The van der Waals surface area contributed by atoms with Crippen LogP contribution in [0.2, 0.25) is 5.02 Å². The number of hydrogen-bond acceptors (Lipinski definition) is 1. The van der Waals surface area contributed by atoms with Gasteiger partial charge in [0.2, 0.25) is 0 Å². The highest BCUT2D eigenvalue weighted by molar-refractivity contribution is 6.31. The predicted molar refractivity (Wildman–Crippen MR) is 80.6 cm³/mol. The van der Waals surface area contributed by atoms with Gasteiger partial charge in [0.1, 0.15) is 5.82 Å². The molecule has 1 unspecified atom stereocenters. The van der Waals surface area contributed by atoms with Crippen LogP contribution in [0.1, 0.15) is 23.6 Å². The summed E-state index contributed by atoms with van der Waals surface area (Å²) in [5.41, 5.74) is 1.42. The maximum absolute atomic E-state index is 13.7. The van der Waals surface area contributed by atoms with Gasteiger partial charge in [0.25, 0.3) is 0 Å². The third-order valence-electron chi connectivity index (χ3n) is 3.31. The summed E-state index contributed by atoms with van der Waals surface area (Å²) < 4.78 is 13.7. The van der Waals surface area contributed by atoms with Gasteiger partial charge in [-0.3, -0.25) is 0 Å². The van der Waals surface area contributed by atoms with Crippen molar-refractivity contribution in [2.45, 2.75) is 32.3 Å². The highest BCUT2D eigenvalue weighted by Gasteiger charge is 2.24. The van der Waals surface area contributed by atoms with Crippen LogP contribution in [0.4, 0.5) is 4.39 Å². The van der Waals surface area contributed by atoms with Crippen LogP contribution < -0.4 is 0 Å². The molecule has 0 aliphatic carbocycles. The van der Waals surface area contributed by atoms with Crippen molar-refractivity contribution in [2.75, 3.05) is 0 Å². The van der Waals surface area contributed by atoms with Gasteiger partial charge in [-0.15, -0.1) is 0 Å². The third-order valence-corrected chi connectivity index (χ3v) is 3.66. The summed E-state index contributed by atoms with van der Waals surface area (Å²) in [6.07, 6.45) is 0.643. The molecule has 0 amide bonds. The van der Waals surface area contributed by atoms with Gasteiger partial charge >= 0.3 is 0 Å². The molecular formula is C17H18ClFO. The van der Waals surface area contributed by atoms with Crippen LogP contribution in [0.25, 0.3) is 0 Å². The van der Waals surface area contributed by atoms with E-state index >= 15 is 0 Å². The average Bonchev–Trinajstić information content (AvgIpc) is 2.35. The molecule has 0 aliphatic rings. The van der Waals surface area contributed by atoms with Crippen LogP contribution in [0.5, 0.6) is 0 Å². The second-order valence-corrected chi connectivity index (χ2v) is 5.94. The summed E-state index contributed by atoms with van der Waals surface area (Å²) in [5.74, 6) is -0.289. The molecule has 2 aromatic carbocycles. The summed E-state index contributed by atoms with van der Waals surface area (Å²) in [6, 6.07) is 12.3.